The molecule has 2 N–H and O–H groups in total. The summed E-state index contributed by atoms with van der Waals surface area (Å²) < 4.78 is 26.3. The minimum atomic E-state index is -3.38. The van der Waals surface area contributed by atoms with E-state index in [-0.39, 0.29) is 0 Å². The zero-order chi connectivity index (χ0) is 14.6. The molecule has 1 aromatic heterocycles. The first kappa shape index (κ1) is 15.5. The summed E-state index contributed by atoms with van der Waals surface area (Å²) in [7, 11) is 0.0990. The first-order valence-electron chi connectivity index (χ1n) is 7.04. The number of aromatic nitrogens is 1. The number of hydrogen-bond donors (Lipinski definition) is 2. The van der Waals surface area contributed by atoms with Crippen molar-refractivity contribution in [2.24, 2.45) is 0 Å². The molecule has 7 heteroatoms. The lowest BCUT2D eigenvalue weighted by Gasteiger charge is -2.20. The second kappa shape index (κ2) is 6.71. The van der Waals surface area contributed by atoms with Crippen LogP contribution < -0.4 is 5.32 Å². The lowest BCUT2D eigenvalue weighted by Crippen LogP contribution is -2.35. The standard InChI is InChI=1S/C13H24N4O2S/c1-14-10-12-9-13(11-15-12)20(18,19)16(2)7-8-17-5-3-4-6-17/h9,11,14-15H,3-8,10H2,1-2H3. The van der Waals surface area contributed by atoms with E-state index in [9.17, 15) is 8.42 Å². The number of sulfonamides is 1. The van der Waals surface area contributed by atoms with Crippen LogP contribution >= 0.6 is 0 Å². The summed E-state index contributed by atoms with van der Waals surface area (Å²) in [5.74, 6) is 0. The first-order valence-corrected chi connectivity index (χ1v) is 8.48. The van der Waals surface area contributed by atoms with Gasteiger partial charge in [0.15, 0.2) is 0 Å². The molecule has 20 heavy (non-hydrogen) atoms. The monoisotopic (exact) mass is 300 g/mol. The van der Waals surface area contributed by atoms with Gasteiger partial charge in [0.1, 0.15) is 0 Å². The molecule has 1 fully saturated rings. The number of nitrogens with zero attached hydrogens (tertiary/aromatic N) is 2. The van der Waals surface area contributed by atoms with Crippen molar-refractivity contribution in [3.8, 4) is 0 Å². The molecule has 0 aliphatic carbocycles. The van der Waals surface area contributed by atoms with Gasteiger partial charge in [0.2, 0.25) is 10.0 Å². The third kappa shape index (κ3) is 3.60. The van der Waals surface area contributed by atoms with Crippen molar-refractivity contribution in [1.29, 1.82) is 0 Å². The Morgan fingerprint density at radius 2 is 2.10 bits per heavy atom. The van der Waals surface area contributed by atoms with Crippen molar-refractivity contribution in [3.63, 3.8) is 0 Å². The Balaban J connectivity index is 1.96. The Bertz CT molecular complexity index is 520. The fourth-order valence-corrected chi connectivity index (χ4v) is 3.63. The number of likely N-dealkylation sites (tertiary alicyclic amines) is 1. The molecule has 0 aromatic carbocycles. The molecule has 0 atom stereocenters. The van der Waals surface area contributed by atoms with Gasteiger partial charge >= 0.3 is 0 Å². The van der Waals surface area contributed by atoms with E-state index in [1.807, 2.05) is 7.05 Å². The normalized spacial score (nSPS) is 17.1. The van der Waals surface area contributed by atoms with Gasteiger partial charge in [-0.05, 0) is 39.0 Å². The number of H-pyrrole nitrogens is 1. The Labute approximate surface area is 121 Å². The zero-order valence-electron chi connectivity index (χ0n) is 12.2. The van der Waals surface area contributed by atoms with Crippen molar-refractivity contribution >= 4 is 10.0 Å². The minimum Gasteiger partial charge on any atom is -0.363 e. The molecule has 6 nitrogen and oxygen atoms in total. The highest BCUT2D eigenvalue weighted by Crippen LogP contribution is 2.16. The molecule has 114 valence electrons. The van der Waals surface area contributed by atoms with Crippen LogP contribution in [0.4, 0.5) is 0 Å². The molecule has 1 aliphatic heterocycles. The SMILES string of the molecule is CNCc1cc(S(=O)(=O)N(C)CCN2CCCC2)c[nH]1. The maximum Gasteiger partial charge on any atom is 0.244 e. The third-order valence-corrected chi connectivity index (χ3v) is 5.56. The molecular formula is C13H24N4O2S. The smallest absolute Gasteiger partial charge is 0.244 e. The van der Waals surface area contributed by atoms with Crippen molar-refractivity contribution in [1.82, 2.24) is 19.5 Å². The Morgan fingerprint density at radius 1 is 1.40 bits per heavy atom. The molecule has 0 unspecified atom stereocenters. The van der Waals surface area contributed by atoms with Crippen LogP contribution in [0, 0.1) is 0 Å². The van der Waals surface area contributed by atoms with Gasteiger partial charge in [-0.3, -0.25) is 0 Å². The van der Waals surface area contributed by atoms with Gasteiger partial charge in [0.25, 0.3) is 0 Å². The molecule has 0 amide bonds. The van der Waals surface area contributed by atoms with Crippen LogP contribution in [-0.4, -0.2) is 62.9 Å². The molecular weight excluding hydrogens is 276 g/mol. The molecule has 0 spiro atoms. The average molecular weight is 300 g/mol. The lowest BCUT2D eigenvalue weighted by atomic mass is 10.4. The van der Waals surface area contributed by atoms with Gasteiger partial charge < -0.3 is 15.2 Å². The predicted octanol–water partition coefficient (Wildman–Crippen LogP) is 0.450. The van der Waals surface area contributed by atoms with E-state index in [1.165, 1.54) is 17.1 Å². The predicted molar refractivity (Wildman–Crippen MR) is 79.0 cm³/mol. The Hall–Kier alpha value is -0.890. The summed E-state index contributed by atoms with van der Waals surface area (Å²) in [5.41, 5.74) is 0.874. The first-order chi connectivity index (χ1) is 9.54. The number of aromatic amines is 1. The maximum absolute atomic E-state index is 12.4. The number of hydrogen-bond acceptors (Lipinski definition) is 4. The molecule has 1 aromatic rings. The van der Waals surface area contributed by atoms with Gasteiger partial charge in [-0.25, -0.2) is 8.42 Å². The van der Waals surface area contributed by atoms with E-state index >= 15 is 0 Å². The van der Waals surface area contributed by atoms with Gasteiger partial charge in [0.05, 0.1) is 4.90 Å². The van der Waals surface area contributed by atoms with Gasteiger partial charge in [-0.2, -0.15) is 4.31 Å². The molecule has 2 rings (SSSR count). The van der Waals surface area contributed by atoms with E-state index in [2.05, 4.69) is 15.2 Å². The van der Waals surface area contributed by atoms with Crippen LogP contribution in [0.25, 0.3) is 0 Å². The summed E-state index contributed by atoms with van der Waals surface area (Å²) in [4.78, 5) is 5.64. The third-order valence-electron chi connectivity index (χ3n) is 3.72. The van der Waals surface area contributed by atoms with Crippen molar-refractivity contribution in [2.75, 3.05) is 40.3 Å². The lowest BCUT2D eigenvalue weighted by molar-refractivity contribution is 0.310. The average Bonchev–Trinajstić information content (AvgIpc) is 3.07. The van der Waals surface area contributed by atoms with Crippen molar-refractivity contribution in [2.45, 2.75) is 24.3 Å². The van der Waals surface area contributed by atoms with Crippen molar-refractivity contribution in [3.05, 3.63) is 18.0 Å². The van der Waals surface area contributed by atoms with Crippen LogP contribution in [0.1, 0.15) is 18.5 Å². The fourth-order valence-electron chi connectivity index (χ4n) is 2.45. The van der Waals surface area contributed by atoms with Gasteiger partial charge in [-0.15, -0.1) is 0 Å². The minimum absolute atomic E-state index is 0.340. The number of nitrogens with one attached hydrogen (secondary N) is 2. The molecule has 1 aliphatic rings. The summed E-state index contributed by atoms with van der Waals surface area (Å²) in [6.45, 7) is 4.15. The van der Waals surface area contributed by atoms with Gasteiger partial charge in [-0.1, -0.05) is 0 Å². The van der Waals surface area contributed by atoms with Crippen LogP contribution in [0.5, 0.6) is 0 Å². The molecule has 0 saturated carbocycles. The quantitative estimate of drug-likeness (QED) is 0.767. The summed E-state index contributed by atoms with van der Waals surface area (Å²) >= 11 is 0. The van der Waals surface area contributed by atoms with Gasteiger partial charge in [0, 0.05) is 38.6 Å². The van der Waals surface area contributed by atoms with E-state index < -0.39 is 10.0 Å². The maximum atomic E-state index is 12.4. The molecule has 0 bridgehead atoms. The highest BCUT2D eigenvalue weighted by atomic mass is 32.2. The fraction of sp³-hybridized carbons (Fsp3) is 0.692. The van der Waals surface area contributed by atoms with Crippen LogP contribution in [0.15, 0.2) is 17.2 Å². The molecule has 2 heterocycles. The summed E-state index contributed by atoms with van der Waals surface area (Å²) in [5, 5.41) is 2.99. The highest BCUT2D eigenvalue weighted by molar-refractivity contribution is 7.89. The second-order valence-corrected chi connectivity index (χ2v) is 7.31. The van der Waals surface area contributed by atoms with E-state index in [1.54, 1.807) is 19.3 Å². The van der Waals surface area contributed by atoms with E-state index in [4.69, 9.17) is 0 Å². The Kier molecular flexibility index (Phi) is 5.20. The summed E-state index contributed by atoms with van der Waals surface area (Å²) in [6.07, 6.45) is 4.01. The zero-order valence-corrected chi connectivity index (χ0v) is 13.0. The highest BCUT2D eigenvalue weighted by Gasteiger charge is 2.23. The van der Waals surface area contributed by atoms with Crippen LogP contribution in [0.3, 0.4) is 0 Å². The summed E-state index contributed by atoms with van der Waals surface area (Å²) in [6, 6.07) is 1.69. The topological polar surface area (TPSA) is 68.4 Å². The van der Waals surface area contributed by atoms with Crippen LogP contribution in [0.2, 0.25) is 0 Å². The van der Waals surface area contributed by atoms with E-state index in [0.717, 1.165) is 25.3 Å². The van der Waals surface area contributed by atoms with Crippen molar-refractivity contribution < 1.29 is 8.42 Å². The molecule has 0 radical (unpaired) electrons. The number of likely N-dealkylation sites (N-methyl/N-ethyl adjacent to an activating group) is 1. The largest absolute Gasteiger partial charge is 0.363 e. The second-order valence-electron chi connectivity index (χ2n) is 5.27. The Morgan fingerprint density at radius 3 is 2.75 bits per heavy atom. The number of rotatable bonds is 7. The van der Waals surface area contributed by atoms with E-state index in [0.29, 0.717) is 18.0 Å². The van der Waals surface area contributed by atoms with Crippen LogP contribution in [-0.2, 0) is 16.6 Å². The molecule has 1 saturated heterocycles.